The normalized spacial score (nSPS) is 14.2. The topological polar surface area (TPSA) is 26.9 Å². The Balaban J connectivity index is 1.88. The van der Waals surface area contributed by atoms with Crippen LogP contribution < -0.4 is 0 Å². The van der Waals surface area contributed by atoms with E-state index in [1.165, 1.54) is 40.0 Å². The summed E-state index contributed by atoms with van der Waals surface area (Å²) in [5.74, 6) is 0.218. The van der Waals surface area contributed by atoms with Crippen molar-refractivity contribution in [1.82, 2.24) is 9.13 Å². The van der Waals surface area contributed by atoms with Gasteiger partial charge in [-0.25, -0.2) is 0 Å². The van der Waals surface area contributed by atoms with E-state index in [-0.39, 0.29) is 5.78 Å². The summed E-state index contributed by atoms with van der Waals surface area (Å²) in [4.78, 5) is 14.8. The summed E-state index contributed by atoms with van der Waals surface area (Å²) in [6.07, 6.45) is 5.72. The second kappa shape index (κ2) is 6.49. The van der Waals surface area contributed by atoms with E-state index in [0.717, 1.165) is 43.6 Å². The fraction of sp³-hybridized carbons (Fsp3) is 0.476. The van der Waals surface area contributed by atoms with Crippen LogP contribution in [0.25, 0.3) is 10.2 Å². The van der Waals surface area contributed by atoms with Crippen molar-refractivity contribution in [1.29, 1.82) is 0 Å². The maximum Gasteiger partial charge on any atom is 0.211 e. The van der Waals surface area contributed by atoms with Gasteiger partial charge in [-0.05, 0) is 69.0 Å². The largest absolute Gasteiger partial charge is 0.348 e. The molecular formula is C21H26N2OS. The summed E-state index contributed by atoms with van der Waals surface area (Å²) >= 11 is 1.72. The number of hydrogen-bond donors (Lipinski definition) is 0. The van der Waals surface area contributed by atoms with Gasteiger partial charge in [0.05, 0.1) is 5.69 Å². The second-order valence-corrected chi connectivity index (χ2v) is 7.92. The van der Waals surface area contributed by atoms with Crippen molar-refractivity contribution in [2.45, 2.75) is 66.0 Å². The highest BCUT2D eigenvalue weighted by molar-refractivity contribution is 7.16. The predicted octanol–water partition coefficient (Wildman–Crippen LogP) is 5.35. The van der Waals surface area contributed by atoms with Crippen LogP contribution in [0.3, 0.4) is 0 Å². The molecular weight excluding hydrogens is 328 g/mol. The highest BCUT2D eigenvalue weighted by Gasteiger charge is 2.28. The van der Waals surface area contributed by atoms with Crippen LogP contribution in [0.2, 0.25) is 0 Å². The first kappa shape index (κ1) is 16.6. The van der Waals surface area contributed by atoms with Crippen LogP contribution >= 0.6 is 11.3 Å². The van der Waals surface area contributed by atoms with Gasteiger partial charge in [-0.15, -0.1) is 11.3 Å². The highest BCUT2D eigenvalue weighted by atomic mass is 32.1. The first-order chi connectivity index (χ1) is 12.2. The van der Waals surface area contributed by atoms with Gasteiger partial charge in [0, 0.05) is 35.4 Å². The lowest BCUT2D eigenvalue weighted by Crippen LogP contribution is -2.12. The molecule has 4 rings (SSSR count). The Kier molecular flexibility index (Phi) is 4.32. The van der Waals surface area contributed by atoms with Crippen LogP contribution in [-0.4, -0.2) is 14.9 Å². The van der Waals surface area contributed by atoms with Crippen LogP contribution in [0.4, 0.5) is 0 Å². The van der Waals surface area contributed by atoms with Crippen molar-refractivity contribution < 1.29 is 4.79 Å². The van der Waals surface area contributed by atoms with Gasteiger partial charge >= 0.3 is 0 Å². The molecule has 3 aromatic rings. The molecule has 0 radical (unpaired) electrons. The van der Waals surface area contributed by atoms with Gasteiger partial charge in [0.15, 0.2) is 0 Å². The molecule has 0 saturated heterocycles. The fourth-order valence-electron chi connectivity index (χ4n) is 4.45. The molecule has 4 heteroatoms. The molecule has 25 heavy (non-hydrogen) atoms. The van der Waals surface area contributed by atoms with Gasteiger partial charge in [-0.3, -0.25) is 4.79 Å². The summed E-state index contributed by atoms with van der Waals surface area (Å²) < 4.78 is 4.61. The number of aromatic nitrogens is 2. The molecule has 3 aromatic heterocycles. The minimum absolute atomic E-state index is 0.218. The van der Waals surface area contributed by atoms with Crippen molar-refractivity contribution in [3.05, 3.63) is 45.7 Å². The van der Waals surface area contributed by atoms with Gasteiger partial charge in [-0.2, -0.15) is 0 Å². The van der Waals surface area contributed by atoms with Gasteiger partial charge in [0.2, 0.25) is 5.78 Å². The van der Waals surface area contributed by atoms with Gasteiger partial charge in [-0.1, -0.05) is 6.92 Å². The number of rotatable bonds is 5. The maximum atomic E-state index is 13.6. The number of aryl methyl sites for hydroxylation is 1. The van der Waals surface area contributed by atoms with E-state index in [4.69, 9.17) is 0 Å². The number of hydrogen-bond acceptors (Lipinski definition) is 2. The molecule has 0 saturated carbocycles. The van der Waals surface area contributed by atoms with Crippen molar-refractivity contribution in [3.8, 4) is 0 Å². The van der Waals surface area contributed by atoms with Crippen LogP contribution in [-0.2, 0) is 25.9 Å². The molecule has 3 nitrogen and oxygen atoms in total. The van der Waals surface area contributed by atoms with Crippen molar-refractivity contribution in [2.24, 2.45) is 0 Å². The van der Waals surface area contributed by atoms with E-state index >= 15 is 0 Å². The lowest BCUT2D eigenvalue weighted by molar-refractivity contribution is 0.102. The Morgan fingerprint density at radius 3 is 2.76 bits per heavy atom. The third kappa shape index (κ3) is 2.50. The molecule has 0 fully saturated rings. The Labute approximate surface area is 153 Å². The summed E-state index contributed by atoms with van der Waals surface area (Å²) in [5.41, 5.74) is 5.77. The van der Waals surface area contributed by atoms with Gasteiger partial charge in [0.25, 0.3) is 0 Å². The standard InChI is InChI=1S/C21H26N2OS/c1-4-11-23-14(3)19(16-8-6-7-9-17(16)23)20(24)18-13-15-10-12-25-21(15)22(18)5-2/h10,12-13H,4-9,11H2,1-3H3. The zero-order chi connectivity index (χ0) is 17.6. The third-order valence-electron chi connectivity index (χ3n) is 5.56. The number of fused-ring (bicyclic) bond motifs is 2. The van der Waals surface area contributed by atoms with E-state index < -0.39 is 0 Å². The van der Waals surface area contributed by atoms with E-state index in [9.17, 15) is 4.79 Å². The Morgan fingerprint density at radius 2 is 2.00 bits per heavy atom. The monoisotopic (exact) mass is 354 g/mol. The molecule has 0 spiro atoms. The average molecular weight is 355 g/mol. The van der Waals surface area contributed by atoms with E-state index in [0.29, 0.717) is 0 Å². The molecule has 0 aliphatic heterocycles. The summed E-state index contributed by atoms with van der Waals surface area (Å²) in [6.45, 7) is 8.34. The van der Waals surface area contributed by atoms with E-state index in [1.807, 2.05) is 0 Å². The van der Waals surface area contributed by atoms with E-state index in [2.05, 4.69) is 47.4 Å². The minimum atomic E-state index is 0.218. The quantitative estimate of drug-likeness (QED) is 0.567. The molecule has 3 heterocycles. The van der Waals surface area contributed by atoms with Gasteiger partial charge in [0.1, 0.15) is 4.83 Å². The number of carbonyl (C=O) groups excluding carboxylic acids is 1. The fourth-order valence-corrected chi connectivity index (χ4v) is 5.41. The SMILES string of the molecule is CCCn1c(C)c(C(=O)c2cc3ccsc3n2CC)c2c1CCCC2. The molecule has 1 aliphatic carbocycles. The molecule has 132 valence electrons. The second-order valence-electron chi connectivity index (χ2n) is 7.03. The number of carbonyl (C=O) groups is 1. The van der Waals surface area contributed by atoms with Crippen molar-refractivity contribution in [2.75, 3.05) is 0 Å². The summed E-state index contributed by atoms with van der Waals surface area (Å²) in [7, 11) is 0. The first-order valence-corrected chi connectivity index (χ1v) is 10.4. The zero-order valence-corrected chi connectivity index (χ0v) is 16.2. The van der Waals surface area contributed by atoms with Gasteiger partial charge < -0.3 is 9.13 Å². The lowest BCUT2D eigenvalue weighted by atomic mass is 9.92. The minimum Gasteiger partial charge on any atom is -0.348 e. The number of ketones is 1. The molecule has 1 aliphatic rings. The Hall–Kier alpha value is -1.81. The van der Waals surface area contributed by atoms with Crippen LogP contribution in [0.1, 0.15) is 66.1 Å². The number of thiophene rings is 1. The molecule has 0 bridgehead atoms. The van der Waals surface area contributed by atoms with Crippen LogP contribution in [0, 0.1) is 6.92 Å². The Bertz CT molecular complexity index is 941. The molecule has 0 amide bonds. The molecule has 0 atom stereocenters. The van der Waals surface area contributed by atoms with Crippen LogP contribution in [0.5, 0.6) is 0 Å². The lowest BCUT2D eigenvalue weighted by Gasteiger charge is -2.16. The summed E-state index contributed by atoms with van der Waals surface area (Å²) in [5, 5.41) is 3.30. The smallest absolute Gasteiger partial charge is 0.211 e. The predicted molar refractivity (Wildman–Crippen MR) is 105 cm³/mol. The maximum absolute atomic E-state index is 13.6. The Morgan fingerprint density at radius 1 is 1.20 bits per heavy atom. The molecule has 0 aromatic carbocycles. The zero-order valence-electron chi connectivity index (χ0n) is 15.4. The van der Waals surface area contributed by atoms with Crippen LogP contribution in [0.15, 0.2) is 17.5 Å². The third-order valence-corrected chi connectivity index (χ3v) is 6.51. The molecule has 0 unspecified atom stereocenters. The first-order valence-electron chi connectivity index (χ1n) is 9.49. The van der Waals surface area contributed by atoms with E-state index in [1.54, 1.807) is 11.3 Å². The summed E-state index contributed by atoms with van der Waals surface area (Å²) in [6, 6.07) is 4.21. The average Bonchev–Trinajstić information content (AvgIpc) is 3.27. The van der Waals surface area contributed by atoms with Crippen molar-refractivity contribution >= 4 is 27.3 Å². The van der Waals surface area contributed by atoms with Crippen molar-refractivity contribution in [3.63, 3.8) is 0 Å². The number of nitrogens with zero attached hydrogens (tertiary/aromatic N) is 2. The molecule has 0 N–H and O–H groups in total. The highest BCUT2D eigenvalue weighted by Crippen LogP contribution is 2.33.